The number of hydrogen-bond acceptors (Lipinski definition) is 3. The molecule has 1 aliphatic rings. The van der Waals surface area contributed by atoms with E-state index in [1.807, 2.05) is 12.4 Å². The van der Waals surface area contributed by atoms with Crippen LogP contribution in [0.2, 0.25) is 0 Å². The molecule has 0 bridgehead atoms. The number of aromatic nitrogens is 1. The SMILES string of the molecule is CNC1CCC(Nc2ccncc2C)CC1. The van der Waals surface area contributed by atoms with Gasteiger partial charge in [-0.3, -0.25) is 4.98 Å². The van der Waals surface area contributed by atoms with Gasteiger partial charge < -0.3 is 10.6 Å². The Morgan fingerprint density at radius 1 is 1.19 bits per heavy atom. The third-order valence-electron chi connectivity index (χ3n) is 3.52. The number of nitrogens with one attached hydrogen (secondary N) is 2. The highest BCUT2D eigenvalue weighted by Crippen LogP contribution is 2.23. The second-order valence-corrected chi connectivity index (χ2v) is 4.67. The topological polar surface area (TPSA) is 37.0 Å². The summed E-state index contributed by atoms with van der Waals surface area (Å²) in [6.45, 7) is 2.11. The van der Waals surface area contributed by atoms with Crippen molar-refractivity contribution in [2.24, 2.45) is 0 Å². The molecule has 0 aliphatic heterocycles. The van der Waals surface area contributed by atoms with Crippen LogP contribution in [0.4, 0.5) is 5.69 Å². The van der Waals surface area contributed by atoms with Crippen molar-refractivity contribution in [3.05, 3.63) is 24.0 Å². The smallest absolute Gasteiger partial charge is 0.0402 e. The highest BCUT2D eigenvalue weighted by molar-refractivity contribution is 5.49. The lowest BCUT2D eigenvalue weighted by Gasteiger charge is -2.29. The molecule has 0 unspecified atom stereocenters. The third kappa shape index (κ3) is 2.73. The van der Waals surface area contributed by atoms with Gasteiger partial charge in [-0.25, -0.2) is 0 Å². The lowest BCUT2D eigenvalue weighted by atomic mass is 9.91. The quantitative estimate of drug-likeness (QED) is 0.819. The molecule has 3 heteroatoms. The van der Waals surface area contributed by atoms with Crippen LogP contribution < -0.4 is 10.6 Å². The van der Waals surface area contributed by atoms with Crippen molar-refractivity contribution in [3.8, 4) is 0 Å². The number of hydrogen-bond donors (Lipinski definition) is 2. The van der Waals surface area contributed by atoms with Crippen LogP contribution in [-0.4, -0.2) is 24.1 Å². The fraction of sp³-hybridized carbons (Fsp3) is 0.615. The molecule has 0 amide bonds. The van der Waals surface area contributed by atoms with E-state index in [1.165, 1.54) is 36.9 Å². The summed E-state index contributed by atoms with van der Waals surface area (Å²) in [5.74, 6) is 0. The third-order valence-corrected chi connectivity index (χ3v) is 3.52. The Balaban J connectivity index is 1.89. The number of anilines is 1. The molecule has 1 aromatic rings. The van der Waals surface area contributed by atoms with Gasteiger partial charge in [-0.05, 0) is 51.3 Å². The van der Waals surface area contributed by atoms with Gasteiger partial charge in [-0.2, -0.15) is 0 Å². The van der Waals surface area contributed by atoms with E-state index in [9.17, 15) is 0 Å². The van der Waals surface area contributed by atoms with E-state index >= 15 is 0 Å². The summed E-state index contributed by atoms with van der Waals surface area (Å²) in [6.07, 6.45) is 8.84. The summed E-state index contributed by atoms with van der Waals surface area (Å²) in [7, 11) is 2.06. The summed E-state index contributed by atoms with van der Waals surface area (Å²) in [6, 6.07) is 3.42. The number of rotatable bonds is 3. The Kier molecular flexibility index (Phi) is 3.78. The zero-order valence-corrected chi connectivity index (χ0v) is 10.2. The number of nitrogens with zero attached hydrogens (tertiary/aromatic N) is 1. The molecule has 88 valence electrons. The van der Waals surface area contributed by atoms with Crippen molar-refractivity contribution in [2.75, 3.05) is 12.4 Å². The first-order valence-electron chi connectivity index (χ1n) is 6.14. The average Bonchev–Trinajstić information content (AvgIpc) is 2.33. The van der Waals surface area contributed by atoms with Crippen LogP contribution in [0.15, 0.2) is 18.5 Å². The molecule has 0 spiro atoms. The molecule has 0 atom stereocenters. The Labute approximate surface area is 97.7 Å². The minimum atomic E-state index is 0.630. The van der Waals surface area contributed by atoms with Crippen LogP contribution in [-0.2, 0) is 0 Å². The Morgan fingerprint density at radius 3 is 2.50 bits per heavy atom. The highest BCUT2D eigenvalue weighted by Gasteiger charge is 2.19. The van der Waals surface area contributed by atoms with Gasteiger partial charge in [0, 0.05) is 30.2 Å². The fourth-order valence-corrected chi connectivity index (χ4v) is 2.38. The van der Waals surface area contributed by atoms with E-state index in [0.29, 0.717) is 6.04 Å². The van der Waals surface area contributed by atoms with Crippen molar-refractivity contribution in [2.45, 2.75) is 44.7 Å². The van der Waals surface area contributed by atoms with Crippen LogP contribution in [0, 0.1) is 6.92 Å². The molecular weight excluding hydrogens is 198 g/mol. The molecule has 2 rings (SSSR count). The van der Waals surface area contributed by atoms with E-state index in [2.05, 4.69) is 35.7 Å². The molecule has 1 aromatic heterocycles. The van der Waals surface area contributed by atoms with E-state index in [1.54, 1.807) is 0 Å². The van der Waals surface area contributed by atoms with Gasteiger partial charge in [0.2, 0.25) is 0 Å². The van der Waals surface area contributed by atoms with Crippen LogP contribution in [0.25, 0.3) is 0 Å². The summed E-state index contributed by atoms with van der Waals surface area (Å²) in [5, 5.41) is 6.99. The second kappa shape index (κ2) is 5.30. The Morgan fingerprint density at radius 2 is 1.88 bits per heavy atom. The molecule has 1 heterocycles. The predicted molar refractivity (Wildman–Crippen MR) is 67.7 cm³/mol. The predicted octanol–water partition coefficient (Wildman–Crippen LogP) is 2.33. The highest BCUT2D eigenvalue weighted by atomic mass is 14.9. The standard InChI is InChI=1S/C13H21N3/c1-10-9-15-8-7-13(10)16-12-5-3-11(14-2)4-6-12/h7-9,11-12,14H,3-6H2,1-2H3,(H,15,16). The number of pyridine rings is 1. The fourth-order valence-electron chi connectivity index (χ4n) is 2.38. The first kappa shape index (κ1) is 11.4. The summed E-state index contributed by atoms with van der Waals surface area (Å²) < 4.78 is 0. The summed E-state index contributed by atoms with van der Waals surface area (Å²) in [4.78, 5) is 4.11. The van der Waals surface area contributed by atoms with E-state index in [4.69, 9.17) is 0 Å². The van der Waals surface area contributed by atoms with Gasteiger partial charge in [0.05, 0.1) is 0 Å². The maximum atomic E-state index is 4.11. The van der Waals surface area contributed by atoms with Gasteiger partial charge in [-0.15, -0.1) is 0 Å². The number of aryl methyl sites for hydroxylation is 1. The normalized spacial score (nSPS) is 25.4. The monoisotopic (exact) mass is 219 g/mol. The van der Waals surface area contributed by atoms with Gasteiger partial charge >= 0.3 is 0 Å². The molecule has 0 aromatic carbocycles. The van der Waals surface area contributed by atoms with Crippen molar-refractivity contribution in [3.63, 3.8) is 0 Å². The van der Waals surface area contributed by atoms with Crippen LogP contribution in [0.1, 0.15) is 31.2 Å². The van der Waals surface area contributed by atoms with Gasteiger partial charge in [0.1, 0.15) is 0 Å². The van der Waals surface area contributed by atoms with Crippen molar-refractivity contribution < 1.29 is 0 Å². The maximum Gasteiger partial charge on any atom is 0.0402 e. The molecule has 3 nitrogen and oxygen atoms in total. The van der Waals surface area contributed by atoms with Gasteiger partial charge in [0.25, 0.3) is 0 Å². The average molecular weight is 219 g/mol. The lowest BCUT2D eigenvalue weighted by molar-refractivity contribution is 0.371. The molecular formula is C13H21N3. The first-order valence-corrected chi connectivity index (χ1v) is 6.14. The Hall–Kier alpha value is -1.09. The van der Waals surface area contributed by atoms with Crippen LogP contribution in [0.5, 0.6) is 0 Å². The molecule has 2 N–H and O–H groups in total. The molecule has 1 saturated carbocycles. The first-order chi connectivity index (χ1) is 7.79. The van der Waals surface area contributed by atoms with Crippen molar-refractivity contribution in [1.82, 2.24) is 10.3 Å². The zero-order valence-electron chi connectivity index (χ0n) is 10.2. The molecule has 1 fully saturated rings. The van der Waals surface area contributed by atoms with Crippen molar-refractivity contribution in [1.29, 1.82) is 0 Å². The molecule has 16 heavy (non-hydrogen) atoms. The second-order valence-electron chi connectivity index (χ2n) is 4.67. The molecule has 0 saturated heterocycles. The summed E-state index contributed by atoms with van der Waals surface area (Å²) >= 11 is 0. The van der Waals surface area contributed by atoms with Crippen LogP contribution >= 0.6 is 0 Å². The Bertz CT molecular complexity index is 330. The maximum absolute atomic E-state index is 4.11. The van der Waals surface area contributed by atoms with Crippen LogP contribution in [0.3, 0.4) is 0 Å². The minimum absolute atomic E-state index is 0.630. The van der Waals surface area contributed by atoms with E-state index < -0.39 is 0 Å². The lowest BCUT2D eigenvalue weighted by Crippen LogP contribution is -2.35. The van der Waals surface area contributed by atoms with Gasteiger partial charge in [0.15, 0.2) is 0 Å². The zero-order chi connectivity index (χ0) is 11.4. The van der Waals surface area contributed by atoms with E-state index in [-0.39, 0.29) is 0 Å². The van der Waals surface area contributed by atoms with E-state index in [0.717, 1.165) is 6.04 Å². The van der Waals surface area contributed by atoms with Gasteiger partial charge in [-0.1, -0.05) is 0 Å². The molecule has 1 aliphatic carbocycles. The van der Waals surface area contributed by atoms with Crippen molar-refractivity contribution >= 4 is 5.69 Å². The summed E-state index contributed by atoms with van der Waals surface area (Å²) in [5.41, 5.74) is 2.47. The molecule has 0 radical (unpaired) electrons. The minimum Gasteiger partial charge on any atom is -0.382 e. The largest absolute Gasteiger partial charge is 0.382 e.